The lowest BCUT2D eigenvalue weighted by Crippen LogP contribution is -2.50. The maximum Gasteiger partial charge on any atom is 0.243 e. The molecule has 0 unspecified atom stereocenters. The number of carbonyl (C=O) groups excluding carboxylic acids is 2. The summed E-state index contributed by atoms with van der Waals surface area (Å²) in [7, 11) is 0. The van der Waals surface area contributed by atoms with E-state index in [-0.39, 0.29) is 17.9 Å². The van der Waals surface area contributed by atoms with Crippen LogP contribution in [0.4, 0.5) is 0 Å². The Morgan fingerprint density at radius 1 is 1.06 bits per heavy atom. The summed E-state index contributed by atoms with van der Waals surface area (Å²) in [5.41, 5.74) is 2.15. The lowest BCUT2D eigenvalue weighted by Gasteiger charge is -2.32. The minimum absolute atomic E-state index is 0.0425. The van der Waals surface area contributed by atoms with E-state index in [1.165, 1.54) is 0 Å². The molecule has 0 heterocycles. The summed E-state index contributed by atoms with van der Waals surface area (Å²) in [6.07, 6.45) is 2.28. The lowest BCUT2D eigenvalue weighted by atomic mass is 10.0. The molecule has 0 spiro atoms. The molecule has 5 nitrogen and oxygen atoms in total. The molecule has 2 rings (SSSR count). The Hall–Kier alpha value is -2.53. The van der Waals surface area contributed by atoms with Gasteiger partial charge in [-0.15, -0.1) is 0 Å². The average Bonchev–Trinajstić information content (AvgIpc) is 2.78. The second-order valence-corrected chi connectivity index (χ2v) is 8.53. The minimum atomic E-state index is -0.506. The van der Waals surface area contributed by atoms with Crippen LogP contribution in [0.1, 0.15) is 57.6 Å². The number of rotatable bonds is 12. The van der Waals surface area contributed by atoms with Crippen LogP contribution in [0.5, 0.6) is 5.75 Å². The van der Waals surface area contributed by atoms with Crippen LogP contribution < -0.4 is 10.1 Å². The Morgan fingerprint density at radius 3 is 2.38 bits per heavy atom. The second kappa shape index (κ2) is 13.1. The van der Waals surface area contributed by atoms with E-state index in [1.807, 2.05) is 52.0 Å². The van der Waals surface area contributed by atoms with Gasteiger partial charge in [0.15, 0.2) is 0 Å². The van der Waals surface area contributed by atoms with Gasteiger partial charge < -0.3 is 15.0 Å². The first-order chi connectivity index (χ1) is 15.3. The zero-order valence-corrected chi connectivity index (χ0v) is 20.3. The molecule has 0 aliphatic heterocycles. The van der Waals surface area contributed by atoms with Crippen LogP contribution in [0.3, 0.4) is 0 Å². The van der Waals surface area contributed by atoms with Crippen molar-refractivity contribution in [3.05, 3.63) is 64.7 Å². The van der Waals surface area contributed by atoms with E-state index in [1.54, 1.807) is 29.2 Å². The highest BCUT2D eigenvalue weighted by Crippen LogP contribution is 2.18. The van der Waals surface area contributed by atoms with Crippen molar-refractivity contribution in [1.29, 1.82) is 0 Å². The molecule has 174 valence electrons. The fourth-order valence-electron chi connectivity index (χ4n) is 3.42. The minimum Gasteiger partial charge on any atom is -0.494 e. The fraction of sp³-hybridized carbons (Fsp3) is 0.462. The summed E-state index contributed by atoms with van der Waals surface area (Å²) in [4.78, 5) is 27.9. The molecule has 0 aliphatic carbocycles. The predicted octanol–water partition coefficient (Wildman–Crippen LogP) is 5.53. The number of nitrogens with one attached hydrogen (secondary N) is 1. The Labute approximate surface area is 197 Å². The smallest absolute Gasteiger partial charge is 0.243 e. The van der Waals surface area contributed by atoms with Crippen molar-refractivity contribution in [3.8, 4) is 5.75 Å². The molecular formula is C26H35ClN2O3. The van der Waals surface area contributed by atoms with E-state index < -0.39 is 6.04 Å². The summed E-state index contributed by atoms with van der Waals surface area (Å²) < 4.78 is 5.72. The SMILES string of the molecule is CC[C@@H](C)NC(=O)[C@@H](CC)N(Cc1ccccc1C)C(=O)CCCOc1ccc(Cl)cc1. The van der Waals surface area contributed by atoms with Crippen LogP contribution in [0, 0.1) is 6.92 Å². The molecule has 0 radical (unpaired) electrons. The van der Waals surface area contributed by atoms with Gasteiger partial charge >= 0.3 is 0 Å². The summed E-state index contributed by atoms with van der Waals surface area (Å²) >= 11 is 5.90. The van der Waals surface area contributed by atoms with Gasteiger partial charge in [-0.2, -0.15) is 0 Å². The summed E-state index contributed by atoms with van der Waals surface area (Å²) in [6, 6.07) is 14.7. The van der Waals surface area contributed by atoms with Crippen LogP contribution in [0.25, 0.3) is 0 Å². The van der Waals surface area contributed by atoms with Crippen LogP contribution in [0.15, 0.2) is 48.5 Å². The quantitative estimate of drug-likeness (QED) is 0.425. The van der Waals surface area contributed by atoms with Crippen molar-refractivity contribution in [2.75, 3.05) is 6.61 Å². The number of amides is 2. The van der Waals surface area contributed by atoms with E-state index in [0.717, 1.165) is 23.3 Å². The van der Waals surface area contributed by atoms with Gasteiger partial charge in [-0.25, -0.2) is 0 Å². The van der Waals surface area contributed by atoms with Crippen molar-refractivity contribution >= 4 is 23.4 Å². The Bertz CT molecular complexity index is 870. The average molecular weight is 459 g/mol. The number of halogens is 1. The van der Waals surface area contributed by atoms with E-state index >= 15 is 0 Å². The molecule has 1 N–H and O–H groups in total. The van der Waals surface area contributed by atoms with Crippen LogP contribution in [0.2, 0.25) is 5.02 Å². The van der Waals surface area contributed by atoms with E-state index in [2.05, 4.69) is 5.32 Å². The molecule has 6 heteroatoms. The monoisotopic (exact) mass is 458 g/mol. The normalized spacial score (nSPS) is 12.7. The Balaban J connectivity index is 2.07. The third-order valence-corrected chi connectivity index (χ3v) is 5.86. The van der Waals surface area contributed by atoms with Gasteiger partial charge in [0.1, 0.15) is 11.8 Å². The number of hydrogen-bond acceptors (Lipinski definition) is 3. The van der Waals surface area contributed by atoms with Gasteiger partial charge in [0.2, 0.25) is 11.8 Å². The number of hydrogen-bond donors (Lipinski definition) is 1. The highest BCUT2D eigenvalue weighted by atomic mass is 35.5. The van der Waals surface area contributed by atoms with Gasteiger partial charge in [0, 0.05) is 24.0 Å². The van der Waals surface area contributed by atoms with E-state index in [0.29, 0.717) is 37.4 Å². The zero-order valence-electron chi connectivity index (χ0n) is 19.6. The van der Waals surface area contributed by atoms with Gasteiger partial charge in [-0.3, -0.25) is 9.59 Å². The topological polar surface area (TPSA) is 58.6 Å². The Morgan fingerprint density at radius 2 is 1.75 bits per heavy atom. The Kier molecular flexibility index (Phi) is 10.5. The number of carbonyl (C=O) groups is 2. The molecule has 2 amide bonds. The largest absolute Gasteiger partial charge is 0.494 e. The van der Waals surface area contributed by atoms with Crippen molar-refractivity contribution in [1.82, 2.24) is 10.2 Å². The van der Waals surface area contributed by atoms with E-state index in [4.69, 9.17) is 16.3 Å². The molecular weight excluding hydrogens is 424 g/mol. The molecule has 0 bridgehead atoms. The fourth-order valence-corrected chi connectivity index (χ4v) is 3.55. The standard InChI is InChI=1S/C26H35ClN2O3/c1-5-20(4)28-26(31)24(6-2)29(18-21-11-8-7-10-19(21)3)25(30)12-9-17-32-23-15-13-22(27)14-16-23/h7-8,10-11,13-16,20,24H,5-6,9,12,17-18H2,1-4H3,(H,28,31)/t20-,24-/m1/s1. The number of ether oxygens (including phenoxy) is 1. The van der Waals surface area contributed by atoms with Crippen LogP contribution in [-0.2, 0) is 16.1 Å². The first-order valence-electron chi connectivity index (χ1n) is 11.4. The van der Waals surface area contributed by atoms with Gasteiger partial charge in [0.25, 0.3) is 0 Å². The van der Waals surface area contributed by atoms with Gasteiger partial charge in [-0.05, 0) is 68.5 Å². The predicted molar refractivity (Wildman–Crippen MR) is 130 cm³/mol. The number of nitrogens with zero attached hydrogens (tertiary/aromatic N) is 1. The summed E-state index contributed by atoms with van der Waals surface area (Å²) in [6.45, 7) is 8.81. The number of benzene rings is 2. The van der Waals surface area contributed by atoms with Gasteiger partial charge in [0.05, 0.1) is 6.61 Å². The van der Waals surface area contributed by atoms with Crippen LogP contribution in [-0.4, -0.2) is 35.4 Å². The lowest BCUT2D eigenvalue weighted by molar-refractivity contribution is -0.141. The summed E-state index contributed by atoms with van der Waals surface area (Å²) in [5, 5.41) is 3.69. The molecule has 2 aromatic rings. The van der Waals surface area contributed by atoms with E-state index in [9.17, 15) is 9.59 Å². The molecule has 2 atom stereocenters. The number of aryl methyl sites for hydroxylation is 1. The highest BCUT2D eigenvalue weighted by molar-refractivity contribution is 6.30. The first kappa shape index (κ1) is 25.7. The van der Waals surface area contributed by atoms with Gasteiger partial charge in [-0.1, -0.05) is 49.7 Å². The molecule has 0 aromatic heterocycles. The molecule has 0 saturated heterocycles. The highest BCUT2D eigenvalue weighted by Gasteiger charge is 2.29. The second-order valence-electron chi connectivity index (χ2n) is 8.10. The third kappa shape index (κ3) is 7.86. The molecule has 0 fully saturated rings. The molecule has 2 aromatic carbocycles. The van der Waals surface area contributed by atoms with Crippen molar-refractivity contribution in [3.63, 3.8) is 0 Å². The zero-order chi connectivity index (χ0) is 23.5. The molecule has 0 aliphatic rings. The molecule has 0 saturated carbocycles. The van der Waals surface area contributed by atoms with Crippen molar-refractivity contribution in [2.45, 2.75) is 72.0 Å². The van der Waals surface area contributed by atoms with Crippen molar-refractivity contribution in [2.24, 2.45) is 0 Å². The molecule has 32 heavy (non-hydrogen) atoms. The van der Waals surface area contributed by atoms with Crippen LogP contribution >= 0.6 is 11.6 Å². The maximum atomic E-state index is 13.2. The van der Waals surface area contributed by atoms with Crippen molar-refractivity contribution < 1.29 is 14.3 Å². The maximum absolute atomic E-state index is 13.2. The first-order valence-corrected chi connectivity index (χ1v) is 11.8. The third-order valence-electron chi connectivity index (χ3n) is 5.61. The summed E-state index contributed by atoms with van der Waals surface area (Å²) in [5.74, 6) is 0.582.